The summed E-state index contributed by atoms with van der Waals surface area (Å²) in [5.74, 6) is -1.37. The van der Waals surface area contributed by atoms with Gasteiger partial charge in [0, 0.05) is 5.57 Å². The van der Waals surface area contributed by atoms with Gasteiger partial charge < -0.3 is 10.2 Å². The SMILES string of the molecule is O=C(O)c1cc(/C=C/C=C/C2=C=CC=C2)ccc1O. The fraction of sp³-hybridized carbons (Fsp3) is 0. The van der Waals surface area contributed by atoms with Crippen LogP contribution in [0.1, 0.15) is 15.9 Å². The van der Waals surface area contributed by atoms with Crippen LogP contribution in [0.15, 0.2) is 66.0 Å². The van der Waals surface area contributed by atoms with E-state index in [9.17, 15) is 9.90 Å². The molecule has 2 N–H and O–H groups in total. The molecule has 0 fully saturated rings. The summed E-state index contributed by atoms with van der Waals surface area (Å²) in [5.41, 5.74) is 4.64. The molecule has 3 heteroatoms. The third-order valence-electron chi connectivity index (χ3n) is 2.55. The van der Waals surface area contributed by atoms with Gasteiger partial charge in [-0.1, -0.05) is 30.4 Å². The second-order valence-electron chi connectivity index (χ2n) is 3.93. The van der Waals surface area contributed by atoms with Crippen LogP contribution in [0.2, 0.25) is 0 Å². The van der Waals surface area contributed by atoms with E-state index in [0.717, 1.165) is 5.57 Å². The van der Waals surface area contributed by atoms with Crippen LogP contribution in [-0.4, -0.2) is 16.2 Å². The van der Waals surface area contributed by atoms with Crippen LogP contribution in [0.25, 0.3) is 6.08 Å². The van der Waals surface area contributed by atoms with E-state index in [1.165, 1.54) is 12.1 Å². The third-order valence-corrected chi connectivity index (χ3v) is 2.55. The molecular formula is C16H12O3. The van der Waals surface area contributed by atoms with Gasteiger partial charge in [0.25, 0.3) is 0 Å². The fourth-order valence-corrected chi connectivity index (χ4v) is 1.60. The number of aromatic hydroxyl groups is 1. The second kappa shape index (κ2) is 5.71. The molecule has 2 rings (SSSR count). The topological polar surface area (TPSA) is 57.5 Å². The van der Waals surface area contributed by atoms with Crippen molar-refractivity contribution in [1.29, 1.82) is 0 Å². The maximum Gasteiger partial charge on any atom is 0.339 e. The summed E-state index contributed by atoms with van der Waals surface area (Å²) in [7, 11) is 0. The molecule has 94 valence electrons. The van der Waals surface area contributed by atoms with Crippen molar-refractivity contribution in [2.24, 2.45) is 0 Å². The number of carbonyl (C=O) groups is 1. The Hall–Kier alpha value is -2.77. The molecule has 0 radical (unpaired) electrons. The average Bonchev–Trinajstić information content (AvgIpc) is 2.89. The van der Waals surface area contributed by atoms with Crippen LogP contribution in [0.5, 0.6) is 5.75 Å². The molecule has 0 amide bonds. The molecule has 1 aromatic carbocycles. The number of carboxylic acid groups (broad SMARTS) is 1. The Balaban J connectivity index is 2.11. The molecule has 1 aromatic rings. The molecule has 19 heavy (non-hydrogen) atoms. The van der Waals surface area contributed by atoms with Crippen molar-refractivity contribution in [2.45, 2.75) is 0 Å². The molecule has 3 nitrogen and oxygen atoms in total. The summed E-state index contributed by atoms with van der Waals surface area (Å²) in [6.07, 6.45) is 13.0. The summed E-state index contributed by atoms with van der Waals surface area (Å²) < 4.78 is 0. The van der Waals surface area contributed by atoms with Crippen molar-refractivity contribution in [3.8, 4) is 5.75 Å². The molecule has 0 unspecified atom stereocenters. The summed E-state index contributed by atoms with van der Waals surface area (Å²) in [4.78, 5) is 10.9. The van der Waals surface area contributed by atoms with Gasteiger partial charge in [-0.05, 0) is 35.9 Å². The standard InChI is InChI=1S/C16H12O3/c17-15-10-9-13(11-14(15)16(18)19)8-4-3-7-12-5-1-2-6-12/h1-5,7-11,17H,(H,18,19)/b7-3+,8-4+. The van der Waals surface area contributed by atoms with Gasteiger partial charge in [0.1, 0.15) is 11.3 Å². The summed E-state index contributed by atoms with van der Waals surface area (Å²) in [5, 5.41) is 18.3. The maximum absolute atomic E-state index is 10.9. The quantitative estimate of drug-likeness (QED) is 0.638. The summed E-state index contributed by atoms with van der Waals surface area (Å²) in [6.45, 7) is 0. The zero-order valence-corrected chi connectivity index (χ0v) is 10.1. The van der Waals surface area contributed by atoms with Crippen molar-refractivity contribution >= 4 is 12.0 Å². The van der Waals surface area contributed by atoms with Crippen LogP contribution in [0, 0.1) is 0 Å². The molecule has 0 saturated heterocycles. The lowest BCUT2D eigenvalue weighted by Crippen LogP contribution is -1.96. The minimum atomic E-state index is -1.14. The van der Waals surface area contributed by atoms with Gasteiger partial charge in [-0.25, -0.2) is 4.79 Å². The molecule has 1 aliphatic carbocycles. The highest BCUT2D eigenvalue weighted by molar-refractivity contribution is 5.91. The highest BCUT2D eigenvalue weighted by Crippen LogP contribution is 2.19. The number of aromatic carboxylic acids is 1. The molecule has 0 spiro atoms. The number of hydrogen-bond acceptors (Lipinski definition) is 2. The van der Waals surface area contributed by atoms with Crippen LogP contribution in [-0.2, 0) is 0 Å². The Bertz CT molecular complexity index is 655. The van der Waals surface area contributed by atoms with Gasteiger partial charge in [0.15, 0.2) is 0 Å². The molecule has 0 saturated carbocycles. The van der Waals surface area contributed by atoms with Gasteiger partial charge in [-0.2, -0.15) is 0 Å². The van der Waals surface area contributed by atoms with Gasteiger partial charge in [-0.3, -0.25) is 0 Å². The molecule has 0 bridgehead atoms. The number of rotatable bonds is 4. The molecular weight excluding hydrogens is 240 g/mol. The molecule has 1 aliphatic rings. The van der Waals surface area contributed by atoms with E-state index < -0.39 is 5.97 Å². The van der Waals surface area contributed by atoms with Gasteiger partial charge in [-0.15, -0.1) is 5.73 Å². The van der Waals surface area contributed by atoms with Crippen molar-refractivity contribution in [1.82, 2.24) is 0 Å². The smallest absolute Gasteiger partial charge is 0.339 e. The number of allylic oxidation sites excluding steroid dienone is 6. The molecule has 0 atom stereocenters. The lowest BCUT2D eigenvalue weighted by atomic mass is 10.1. The van der Waals surface area contributed by atoms with Crippen molar-refractivity contribution in [3.05, 3.63) is 77.1 Å². The van der Waals surface area contributed by atoms with E-state index in [4.69, 9.17) is 5.11 Å². The van der Waals surface area contributed by atoms with Crippen LogP contribution in [0.3, 0.4) is 0 Å². The van der Waals surface area contributed by atoms with Crippen LogP contribution < -0.4 is 0 Å². The fourth-order valence-electron chi connectivity index (χ4n) is 1.60. The number of phenols is 1. The van der Waals surface area contributed by atoms with Crippen LogP contribution >= 0.6 is 0 Å². The first-order valence-electron chi connectivity index (χ1n) is 5.71. The minimum absolute atomic E-state index is 0.101. The van der Waals surface area contributed by atoms with Crippen molar-refractivity contribution < 1.29 is 15.0 Å². The van der Waals surface area contributed by atoms with E-state index >= 15 is 0 Å². The predicted octanol–water partition coefficient (Wildman–Crippen LogP) is 3.31. The Kier molecular flexibility index (Phi) is 3.81. The van der Waals surface area contributed by atoms with Crippen molar-refractivity contribution in [2.75, 3.05) is 0 Å². The highest BCUT2D eigenvalue weighted by Gasteiger charge is 2.08. The Labute approximate surface area is 110 Å². The Morgan fingerprint density at radius 1 is 1.21 bits per heavy atom. The molecule has 0 aromatic heterocycles. The number of benzene rings is 1. The normalized spacial score (nSPS) is 13.6. The van der Waals surface area contributed by atoms with E-state index in [-0.39, 0.29) is 11.3 Å². The number of carboxylic acids is 1. The summed E-state index contributed by atoms with van der Waals surface area (Å²) >= 11 is 0. The zero-order valence-electron chi connectivity index (χ0n) is 10.1. The lowest BCUT2D eigenvalue weighted by Gasteiger charge is -2.00. The van der Waals surface area contributed by atoms with Crippen LogP contribution in [0.4, 0.5) is 0 Å². The first-order valence-corrected chi connectivity index (χ1v) is 5.71. The van der Waals surface area contributed by atoms with Gasteiger partial charge >= 0.3 is 5.97 Å². The monoisotopic (exact) mass is 252 g/mol. The largest absolute Gasteiger partial charge is 0.507 e. The van der Waals surface area contributed by atoms with E-state index in [2.05, 4.69) is 5.73 Å². The molecule has 0 aliphatic heterocycles. The van der Waals surface area contributed by atoms with E-state index in [0.29, 0.717) is 5.56 Å². The summed E-state index contributed by atoms with van der Waals surface area (Å²) in [6, 6.07) is 4.45. The Morgan fingerprint density at radius 3 is 2.68 bits per heavy atom. The van der Waals surface area contributed by atoms with Crippen molar-refractivity contribution in [3.63, 3.8) is 0 Å². The predicted molar refractivity (Wildman–Crippen MR) is 74.0 cm³/mol. The molecule has 0 heterocycles. The Morgan fingerprint density at radius 2 is 2.00 bits per heavy atom. The third kappa shape index (κ3) is 3.35. The first-order chi connectivity index (χ1) is 9.16. The zero-order chi connectivity index (χ0) is 13.7. The second-order valence-corrected chi connectivity index (χ2v) is 3.93. The van der Waals surface area contributed by atoms with Gasteiger partial charge in [0.2, 0.25) is 0 Å². The first kappa shape index (κ1) is 12.7. The lowest BCUT2D eigenvalue weighted by molar-refractivity contribution is 0.0693. The average molecular weight is 252 g/mol. The van der Waals surface area contributed by atoms with E-state index in [1.54, 1.807) is 18.2 Å². The number of hydrogen-bond donors (Lipinski definition) is 2. The minimum Gasteiger partial charge on any atom is -0.507 e. The van der Waals surface area contributed by atoms with E-state index in [1.807, 2.05) is 30.4 Å². The maximum atomic E-state index is 10.9. The van der Waals surface area contributed by atoms with Gasteiger partial charge in [0.05, 0.1) is 0 Å². The highest BCUT2D eigenvalue weighted by atomic mass is 16.4.